The van der Waals surface area contributed by atoms with Crippen molar-refractivity contribution >= 4 is 0 Å². The summed E-state index contributed by atoms with van der Waals surface area (Å²) in [7, 11) is 0. The van der Waals surface area contributed by atoms with Gasteiger partial charge in [0, 0.05) is 5.92 Å². The zero-order valence-electron chi connectivity index (χ0n) is 12.9. The summed E-state index contributed by atoms with van der Waals surface area (Å²) in [5.41, 5.74) is 0. The van der Waals surface area contributed by atoms with Crippen LogP contribution in [-0.2, 0) is 0 Å². The van der Waals surface area contributed by atoms with Gasteiger partial charge in [0.15, 0.2) is 0 Å². The zero-order chi connectivity index (χ0) is 15.4. The van der Waals surface area contributed by atoms with Gasteiger partial charge in [-0.3, -0.25) is 0 Å². The molecule has 0 aliphatic heterocycles. The van der Waals surface area contributed by atoms with Crippen molar-refractivity contribution in [3.05, 3.63) is 0 Å². The number of hydrogen-bond donors (Lipinski definition) is 0. The summed E-state index contributed by atoms with van der Waals surface area (Å²) in [5, 5.41) is 0. The minimum Gasteiger partial charge on any atom is -0.244 e. The van der Waals surface area contributed by atoms with Gasteiger partial charge in [0.1, 0.15) is 12.3 Å². The quantitative estimate of drug-likeness (QED) is 0.568. The molecule has 3 rings (SSSR count). The number of alkyl halides is 4. The van der Waals surface area contributed by atoms with Crippen molar-refractivity contribution in [1.82, 2.24) is 0 Å². The van der Waals surface area contributed by atoms with Crippen LogP contribution in [0.15, 0.2) is 0 Å². The number of rotatable bonds is 1. The summed E-state index contributed by atoms with van der Waals surface area (Å²) < 4.78 is 57.6. The predicted molar refractivity (Wildman–Crippen MR) is 74.7 cm³/mol. The van der Waals surface area contributed by atoms with Crippen molar-refractivity contribution in [3.63, 3.8) is 0 Å². The van der Waals surface area contributed by atoms with Crippen LogP contribution in [-0.4, -0.2) is 18.3 Å². The van der Waals surface area contributed by atoms with Crippen LogP contribution in [0.4, 0.5) is 17.6 Å². The third kappa shape index (κ3) is 2.50. The Morgan fingerprint density at radius 1 is 0.810 bits per heavy atom. The molecule has 6 unspecified atom stereocenters. The molecule has 3 aliphatic carbocycles. The van der Waals surface area contributed by atoms with Crippen LogP contribution in [0.1, 0.15) is 52.4 Å². The second-order valence-electron chi connectivity index (χ2n) is 7.92. The zero-order valence-corrected chi connectivity index (χ0v) is 12.9. The third-order valence-electron chi connectivity index (χ3n) is 6.50. The molecule has 0 spiro atoms. The maximum Gasteiger partial charge on any atom is 0.257 e. The summed E-state index contributed by atoms with van der Waals surface area (Å²) in [5.74, 6) is -5.28. The molecule has 0 heterocycles. The minimum absolute atomic E-state index is 0.00219. The van der Waals surface area contributed by atoms with E-state index in [9.17, 15) is 17.6 Å². The van der Waals surface area contributed by atoms with Gasteiger partial charge in [-0.1, -0.05) is 26.7 Å². The average molecular weight is 306 g/mol. The van der Waals surface area contributed by atoms with Crippen molar-refractivity contribution in [2.75, 3.05) is 0 Å². The Morgan fingerprint density at radius 3 is 2.05 bits per heavy atom. The van der Waals surface area contributed by atoms with Crippen LogP contribution in [0.3, 0.4) is 0 Å². The molecule has 6 atom stereocenters. The SMILES string of the molecule is CC1CCC(C2CC3CC(C)C(F)C(F)C3C2(F)F)CC1. The van der Waals surface area contributed by atoms with Crippen molar-refractivity contribution in [2.24, 2.45) is 35.5 Å². The second-order valence-corrected chi connectivity index (χ2v) is 7.92. The Morgan fingerprint density at radius 2 is 1.43 bits per heavy atom. The van der Waals surface area contributed by atoms with E-state index in [0.717, 1.165) is 25.7 Å². The Hall–Kier alpha value is -0.280. The van der Waals surface area contributed by atoms with E-state index < -0.39 is 36.0 Å². The fourth-order valence-corrected chi connectivity index (χ4v) is 5.22. The molecule has 122 valence electrons. The van der Waals surface area contributed by atoms with Gasteiger partial charge in [-0.05, 0) is 49.4 Å². The lowest BCUT2D eigenvalue weighted by molar-refractivity contribution is -0.145. The molecule has 0 radical (unpaired) electrons. The molecule has 3 saturated carbocycles. The first kappa shape index (κ1) is 15.6. The van der Waals surface area contributed by atoms with E-state index in [4.69, 9.17) is 0 Å². The highest BCUT2D eigenvalue weighted by atomic mass is 19.3. The molecule has 0 aromatic rings. The first-order chi connectivity index (χ1) is 9.82. The summed E-state index contributed by atoms with van der Waals surface area (Å²) in [4.78, 5) is 0. The highest BCUT2D eigenvalue weighted by Gasteiger charge is 2.65. The third-order valence-corrected chi connectivity index (χ3v) is 6.50. The van der Waals surface area contributed by atoms with E-state index in [-0.39, 0.29) is 11.8 Å². The fourth-order valence-electron chi connectivity index (χ4n) is 5.22. The first-order valence-corrected chi connectivity index (χ1v) is 8.48. The van der Waals surface area contributed by atoms with E-state index in [1.54, 1.807) is 6.92 Å². The van der Waals surface area contributed by atoms with E-state index in [2.05, 4.69) is 6.92 Å². The smallest absolute Gasteiger partial charge is 0.244 e. The largest absolute Gasteiger partial charge is 0.257 e. The van der Waals surface area contributed by atoms with Gasteiger partial charge in [0.2, 0.25) is 0 Å². The van der Waals surface area contributed by atoms with Crippen LogP contribution in [0, 0.1) is 35.5 Å². The van der Waals surface area contributed by atoms with E-state index in [1.165, 1.54) is 0 Å². The number of hydrogen-bond acceptors (Lipinski definition) is 0. The standard InChI is InChI=1S/C17H26F4/c1-9-3-5-11(6-4-9)13-8-12-7-10(2)15(18)16(19)14(12)17(13,20)21/h9-16H,3-8H2,1-2H3. The number of halogens is 4. The van der Waals surface area contributed by atoms with Crippen LogP contribution in [0.25, 0.3) is 0 Å². The summed E-state index contributed by atoms with van der Waals surface area (Å²) in [6, 6.07) is 0. The molecular weight excluding hydrogens is 280 g/mol. The van der Waals surface area contributed by atoms with Gasteiger partial charge in [-0.25, -0.2) is 17.6 Å². The van der Waals surface area contributed by atoms with Crippen molar-refractivity contribution in [1.29, 1.82) is 0 Å². The topological polar surface area (TPSA) is 0 Å². The van der Waals surface area contributed by atoms with Gasteiger partial charge in [0.25, 0.3) is 5.92 Å². The van der Waals surface area contributed by atoms with Gasteiger partial charge in [-0.15, -0.1) is 0 Å². The maximum absolute atomic E-state index is 14.8. The molecule has 0 aromatic heterocycles. The van der Waals surface area contributed by atoms with Crippen LogP contribution >= 0.6 is 0 Å². The number of fused-ring (bicyclic) bond motifs is 1. The van der Waals surface area contributed by atoms with Gasteiger partial charge < -0.3 is 0 Å². The normalized spacial score (nSPS) is 53.4. The monoisotopic (exact) mass is 306 g/mol. The molecule has 0 N–H and O–H groups in total. The highest BCUT2D eigenvalue weighted by Crippen LogP contribution is 2.60. The molecule has 3 aliphatic rings. The van der Waals surface area contributed by atoms with E-state index in [1.807, 2.05) is 0 Å². The van der Waals surface area contributed by atoms with Gasteiger partial charge in [-0.2, -0.15) is 0 Å². The lowest BCUT2D eigenvalue weighted by Crippen LogP contribution is -2.48. The lowest BCUT2D eigenvalue weighted by atomic mass is 9.73. The molecule has 4 heteroatoms. The molecule has 0 bridgehead atoms. The Labute approximate surface area is 124 Å². The van der Waals surface area contributed by atoms with Crippen LogP contribution in [0.5, 0.6) is 0 Å². The molecule has 0 aromatic carbocycles. The average Bonchev–Trinajstić information content (AvgIpc) is 2.68. The van der Waals surface area contributed by atoms with E-state index in [0.29, 0.717) is 18.8 Å². The Balaban J connectivity index is 1.79. The Kier molecular flexibility index (Phi) is 4.03. The van der Waals surface area contributed by atoms with Gasteiger partial charge in [0.05, 0.1) is 5.92 Å². The van der Waals surface area contributed by atoms with Crippen molar-refractivity contribution < 1.29 is 17.6 Å². The second kappa shape index (κ2) is 5.42. The Bertz CT molecular complexity index is 375. The van der Waals surface area contributed by atoms with E-state index >= 15 is 0 Å². The van der Waals surface area contributed by atoms with Gasteiger partial charge >= 0.3 is 0 Å². The fraction of sp³-hybridized carbons (Fsp3) is 1.00. The molecule has 0 saturated heterocycles. The van der Waals surface area contributed by atoms with Crippen LogP contribution in [0.2, 0.25) is 0 Å². The molecular formula is C17H26F4. The predicted octanol–water partition coefficient (Wildman–Crippen LogP) is 5.42. The molecule has 0 nitrogen and oxygen atoms in total. The minimum atomic E-state index is -3.03. The summed E-state index contributed by atoms with van der Waals surface area (Å²) in [6.45, 7) is 3.82. The summed E-state index contributed by atoms with van der Waals surface area (Å²) >= 11 is 0. The van der Waals surface area contributed by atoms with Crippen molar-refractivity contribution in [2.45, 2.75) is 70.6 Å². The molecule has 0 amide bonds. The first-order valence-electron chi connectivity index (χ1n) is 8.48. The summed E-state index contributed by atoms with van der Waals surface area (Å²) in [6.07, 6.45) is 0.749. The maximum atomic E-state index is 14.8. The van der Waals surface area contributed by atoms with Crippen LogP contribution < -0.4 is 0 Å². The lowest BCUT2D eigenvalue weighted by Gasteiger charge is -2.39. The van der Waals surface area contributed by atoms with Crippen molar-refractivity contribution in [3.8, 4) is 0 Å². The highest BCUT2D eigenvalue weighted by molar-refractivity contribution is 5.07. The molecule has 21 heavy (non-hydrogen) atoms. The molecule has 3 fully saturated rings.